The molecule has 2 fully saturated rings. The van der Waals surface area contributed by atoms with Crippen LogP contribution in [0.2, 0.25) is 0 Å². The Bertz CT molecular complexity index is 366. The average molecular weight is 326 g/mol. The largest absolute Gasteiger partial charge is 0.394 e. The second kappa shape index (κ2) is 7.01. The van der Waals surface area contributed by atoms with Crippen molar-refractivity contribution in [2.75, 3.05) is 6.61 Å². The molecule has 10 atom stereocenters. The van der Waals surface area contributed by atoms with Crippen LogP contribution in [-0.4, -0.2) is 104 Å². The first-order valence-electron chi connectivity index (χ1n) is 6.93. The SMILES string of the molecule is C[C@@H]1O[C@@H](O[C@@H]2[C@H](O)[C@@H](O)[C@@H](O)O[C@@H]2CO)[C@H](O)[C@H](O)[C@H]1O. The number of ether oxygens (including phenoxy) is 3. The summed E-state index contributed by atoms with van der Waals surface area (Å²) >= 11 is 0. The summed E-state index contributed by atoms with van der Waals surface area (Å²) in [5.74, 6) is 0. The third-order valence-electron chi connectivity index (χ3n) is 3.94. The molecule has 0 radical (unpaired) electrons. The van der Waals surface area contributed by atoms with Crippen molar-refractivity contribution in [3.8, 4) is 0 Å². The summed E-state index contributed by atoms with van der Waals surface area (Å²) in [5.41, 5.74) is 0. The number of aliphatic hydroxyl groups is 7. The van der Waals surface area contributed by atoms with E-state index in [0.717, 1.165) is 0 Å². The van der Waals surface area contributed by atoms with Crippen molar-refractivity contribution in [3.05, 3.63) is 0 Å². The average Bonchev–Trinajstić information content (AvgIpc) is 2.50. The Morgan fingerprint density at radius 3 is 2.05 bits per heavy atom. The fourth-order valence-corrected chi connectivity index (χ4v) is 2.52. The lowest BCUT2D eigenvalue weighted by Crippen LogP contribution is -2.63. The molecule has 0 saturated carbocycles. The van der Waals surface area contributed by atoms with Gasteiger partial charge in [-0.05, 0) is 6.92 Å². The van der Waals surface area contributed by atoms with Crippen LogP contribution in [0.4, 0.5) is 0 Å². The molecular formula is C12H22O10. The Morgan fingerprint density at radius 1 is 0.818 bits per heavy atom. The van der Waals surface area contributed by atoms with Gasteiger partial charge in [0.1, 0.15) is 42.7 Å². The number of hydrogen-bond donors (Lipinski definition) is 7. The molecule has 2 saturated heterocycles. The van der Waals surface area contributed by atoms with Crippen LogP contribution in [-0.2, 0) is 14.2 Å². The van der Waals surface area contributed by atoms with Crippen molar-refractivity contribution in [1.82, 2.24) is 0 Å². The molecule has 0 unspecified atom stereocenters. The van der Waals surface area contributed by atoms with E-state index in [1.54, 1.807) is 0 Å². The van der Waals surface area contributed by atoms with E-state index in [1.807, 2.05) is 0 Å². The van der Waals surface area contributed by atoms with Gasteiger partial charge in [-0.15, -0.1) is 0 Å². The highest BCUT2D eigenvalue weighted by Crippen LogP contribution is 2.28. The van der Waals surface area contributed by atoms with Crippen LogP contribution in [0.25, 0.3) is 0 Å². The monoisotopic (exact) mass is 326 g/mol. The van der Waals surface area contributed by atoms with Gasteiger partial charge in [-0.25, -0.2) is 0 Å². The van der Waals surface area contributed by atoms with Crippen LogP contribution >= 0.6 is 0 Å². The molecule has 2 heterocycles. The topological polar surface area (TPSA) is 169 Å². The highest BCUT2D eigenvalue weighted by atomic mass is 16.7. The molecule has 10 heteroatoms. The van der Waals surface area contributed by atoms with E-state index in [4.69, 9.17) is 14.2 Å². The fraction of sp³-hybridized carbons (Fsp3) is 1.00. The third kappa shape index (κ3) is 3.26. The van der Waals surface area contributed by atoms with Crippen LogP contribution < -0.4 is 0 Å². The van der Waals surface area contributed by atoms with E-state index in [-0.39, 0.29) is 0 Å². The van der Waals surface area contributed by atoms with E-state index in [1.165, 1.54) is 6.92 Å². The van der Waals surface area contributed by atoms with E-state index in [2.05, 4.69) is 0 Å². The highest BCUT2D eigenvalue weighted by Gasteiger charge is 2.49. The number of aliphatic hydroxyl groups excluding tert-OH is 7. The first-order valence-corrected chi connectivity index (χ1v) is 6.93. The minimum Gasteiger partial charge on any atom is -0.394 e. The van der Waals surface area contributed by atoms with Gasteiger partial charge >= 0.3 is 0 Å². The molecule has 130 valence electrons. The Labute approximate surface area is 126 Å². The summed E-state index contributed by atoms with van der Waals surface area (Å²) in [6.07, 6.45) is -14.2. The summed E-state index contributed by atoms with van der Waals surface area (Å²) < 4.78 is 15.4. The van der Waals surface area contributed by atoms with Crippen LogP contribution in [0.3, 0.4) is 0 Å². The lowest BCUT2D eigenvalue weighted by atomic mass is 9.97. The summed E-state index contributed by atoms with van der Waals surface area (Å²) in [6.45, 7) is 0.821. The van der Waals surface area contributed by atoms with Gasteiger partial charge < -0.3 is 50.0 Å². The van der Waals surface area contributed by atoms with Crippen LogP contribution in [0, 0.1) is 0 Å². The molecule has 0 aliphatic carbocycles. The molecule has 10 nitrogen and oxygen atoms in total. The Hall–Kier alpha value is -0.400. The maximum absolute atomic E-state index is 9.93. The summed E-state index contributed by atoms with van der Waals surface area (Å²) in [5, 5.41) is 67.3. The zero-order valence-corrected chi connectivity index (χ0v) is 11.8. The summed E-state index contributed by atoms with van der Waals surface area (Å²) in [6, 6.07) is 0. The minimum absolute atomic E-state index is 0.630. The zero-order valence-electron chi connectivity index (χ0n) is 11.8. The molecular weight excluding hydrogens is 304 g/mol. The standard InChI is InChI=1S/C12H22O10/c1-3-5(14)6(15)9(18)12(20-3)22-10-4(2-13)21-11(19)8(17)7(10)16/h3-19H,2H2,1H3/t3-,4+,5-,6+,7+,8+,9+,10-,11-,12-/m0/s1. The first-order chi connectivity index (χ1) is 10.3. The van der Waals surface area contributed by atoms with Crippen molar-refractivity contribution in [2.24, 2.45) is 0 Å². The molecule has 2 rings (SSSR count). The summed E-state index contributed by atoms with van der Waals surface area (Å²) in [4.78, 5) is 0. The lowest BCUT2D eigenvalue weighted by Gasteiger charge is -2.44. The lowest BCUT2D eigenvalue weighted by molar-refractivity contribution is -0.352. The Kier molecular flexibility index (Phi) is 5.72. The first kappa shape index (κ1) is 17.9. The second-order valence-corrected chi connectivity index (χ2v) is 5.51. The van der Waals surface area contributed by atoms with Crippen molar-refractivity contribution in [3.63, 3.8) is 0 Å². The zero-order chi connectivity index (χ0) is 16.6. The molecule has 2 aliphatic heterocycles. The second-order valence-electron chi connectivity index (χ2n) is 5.51. The van der Waals surface area contributed by atoms with Gasteiger partial charge in [-0.2, -0.15) is 0 Å². The van der Waals surface area contributed by atoms with Crippen LogP contribution in [0.5, 0.6) is 0 Å². The minimum atomic E-state index is -1.70. The smallest absolute Gasteiger partial charge is 0.187 e. The van der Waals surface area contributed by atoms with Gasteiger partial charge in [-0.1, -0.05) is 0 Å². The van der Waals surface area contributed by atoms with Crippen molar-refractivity contribution < 1.29 is 50.0 Å². The van der Waals surface area contributed by atoms with Crippen molar-refractivity contribution in [1.29, 1.82) is 0 Å². The quantitative estimate of drug-likeness (QED) is 0.269. The van der Waals surface area contributed by atoms with Crippen molar-refractivity contribution >= 4 is 0 Å². The Morgan fingerprint density at radius 2 is 1.45 bits per heavy atom. The van der Waals surface area contributed by atoms with E-state index in [9.17, 15) is 35.7 Å². The predicted molar refractivity (Wildman–Crippen MR) is 67.2 cm³/mol. The molecule has 0 aromatic heterocycles. The van der Waals surface area contributed by atoms with Crippen LogP contribution in [0.15, 0.2) is 0 Å². The third-order valence-corrected chi connectivity index (χ3v) is 3.94. The normalized spacial score (nSPS) is 53.5. The maximum Gasteiger partial charge on any atom is 0.187 e. The molecule has 0 aromatic rings. The van der Waals surface area contributed by atoms with Gasteiger partial charge in [0.25, 0.3) is 0 Å². The molecule has 0 aromatic carbocycles. The molecule has 2 aliphatic rings. The molecule has 0 spiro atoms. The van der Waals surface area contributed by atoms with E-state index in [0.29, 0.717) is 0 Å². The van der Waals surface area contributed by atoms with Gasteiger partial charge in [0.05, 0.1) is 12.7 Å². The molecule has 22 heavy (non-hydrogen) atoms. The van der Waals surface area contributed by atoms with E-state index >= 15 is 0 Å². The van der Waals surface area contributed by atoms with Gasteiger partial charge in [0.2, 0.25) is 0 Å². The molecule has 7 N–H and O–H groups in total. The summed E-state index contributed by atoms with van der Waals surface area (Å²) in [7, 11) is 0. The Balaban J connectivity index is 2.10. The van der Waals surface area contributed by atoms with Gasteiger partial charge in [-0.3, -0.25) is 0 Å². The number of rotatable bonds is 3. The van der Waals surface area contributed by atoms with Gasteiger partial charge in [0, 0.05) is 0 Å². The van der Waals surface area contributed by atoms with Crippen LogP contribution in [0.1, 0.15) is 6.92 Å². The van der Waals surface area contributed by atoms with Crippen molar-refractivity contribution in [2.45, 2.75) is 68.3 Å². The van der Waals surface area contributed by atoms with E-state index < -0.39 is 68.0 Å². The number of hydrogen-bond acceptors (Lipinski definition) is 10. The van der Waals surface area contributed by atoms with Gasteiger partial charge in [0.15, 0.2) is 12.6 Å². The predicted octanol–water partition coefficient (Wildman–Crippen LogP) is -4.37. The maximum atomic E-state index is 9.93. The highest BCUT2D eigenvalue weighted by molar-refractivity contribution is 4.93. The molecule has 0 bridgehead atoms. The fourth-order valence-electron chi connectivity index (χ4n) is 2.52. The molecule has 0 amide bonds.